The molecular formula is C15H37NO3. The summed E-state index contributed by atoms with van der Waals surface area (Å²) in [7, 11) is 0. The molecule has 0 bridgehead atoms. The Labute approximate surface area is 121 Å². The molecule has 0 aromatic carbocycles. The Balaban J connectivity index is -0.000000579. The van der Waals surface area contributed by atoms with E-state index in [0.717, 1.165) is 32.7 Å². The van der Waals surface area contributed by atoms with Crippen LogP contribution in [-0.2, 0) is 14.2 Å². The Morgan fingerprint density at radius 2 is 1.05 bits per heavy atom. The number of rotatable bonds is 12. The lowest BCUT2D eigenvalue weighted by Gasteiger charge is -2.06. The standard InChI is InChI=1S/C11H25NO3.2C2H6/c1-3-6-13-8-10-15-11-9-14-7-5-12-4-2;2*1-2/h12H,3-11H2,1-2H3;2*1-2H3. The van der Waals surface area contributed by atoms with E-state index < -0.39 is 0 Å². The molecule has 0 aliphatic heterocycles. The van der Waals surface area contributed by atoms with E-state index in [-0.39, 0.29) is 0 Å². The van der Waals surface area contributed by atoms with Gasteiger partial charge in [-0.2, -0.15) is 0 Å². The minimum Gasteiger partial charge on any atom is -0.379 e. The van der Waals surface area contributed by atoms with Crippen molar-refractivity contribution in [3.63, 3.8) is 0 Å². The van der Waals surface area contributed by atoms with Gasteiger partial charge in [0, 0.05) is 13.2 Å². The summed E-state index contributed by atoms with van der Waals surface area (Å²) in [5.74, 6) is 0. The fourth-order valence-electron chi connectivity index (χ4n) is 1.01. The molecule has 0 aliphatic rings. The lowest BCUT2D eigenvalue weighted by Crippen LogP contribution is -2.20. The van der Waals surface area contributed by atoms with Crippen LogP contribution in [0.1, 0.15) is 48.0 Å². The normalized spacial score (nSPS) is 9.16. The van der Waals surface area contributed by atoms with Gasteiger partial charge in [0.25, 0.3) is 0 Å². The summed E-state index contributed by atoms with van der Waals surface area (Å²) in [5.41, 5.74) is 0. The highest BCUT2D eigenvalue weighted by molar-refractivity contribution is 4.40. The van der Waals surface area contributed by atoms with Crippen LogP contribution in [0, 0.1) is 0 Å². The van der Waals surface area contributed by atoms with Crippen LogP contribution in [0.5, 0.6) is 0 Å². The molecule has 0 saturated carbocycles. The van der Waals surface area contributed by atoms with Crippen LogP contribution in [-0.4, -0.2) is 52.7 Å². The molecule has 0 rings (SSSR count). The minimum atomic E-state index is 0.654. The molecule has 0 fully saturated rings. The molecule has 0 aromatic rings. The van der Waals surface area contributed by atoms with Crippen LogP contribution < -0.4 is 5.32 Å². The van der Waals surface area contributed by atoms with Gasteiger partial charge >= 0.3 is 0 Å². The highest BCUT2D eigenvalue weighted by Gasteiger charge is 1.90. The predicted molar refractivity (Wildman–Crippen MR) is 84.0 cm³/mol. The molecule has 0 radical (unpaired) electrons. The maximum Gasteiger partial charge on any atom is 0.0701 e. The molecule has 120 valence electrons. The van der Waals surface area contributed by atoms with Gasteiger partial charge in [-0.25, -0.2) is 0 Å². The first kappa shape index (κ1) is 23.9. The van der Waals surface area contributed by atoms with Gasteiger partial charge in [-0.15, -0.1) is 0 Å². The molecule has 1 N–H and O–H groups in total. The molecule has 0 amide bonds. The molecule has 0 atom stereocenters. The summed E-state index contributed by atoms with van der Waals surface area (Å²) < 4.78 is 15.9. The lowest BCUT2D eigenvalue weighted by atomic mass is 10.5. The van der Waals surface area contributed by atoms with Crippen molar-refractivity contribution in [2.75, 3.05) is 52.7 Å². The van der Waals surface area contributed by atoms with E-state index in [2.05, 4.69) is 19.2 Å². The van der Waals surface area contributed by atoms with Gasteiger partial charge in [0.1, 0.15) is 0 Å². The SMILES string of the molecule is CC.CC.CCCOCCOCCOCCNCC. The first-order valence-electron chi connectivity index (χ1n) is 7.85. The van der Waals surface area contributed by atoms with Crippen molar-refractivity contribution in [3.8, 4) is 0 Å². The van der Waals surface area contributed by atoms with E-state index >= 15 is 0 Å². The minimum absolute atomic E-state index is 0.654. The van der Waals surface area contributed by atoms with Crippen LogP contribution in [0.4, 0.5) is 0 Å². The third kappa shape index (κ3) is 31.9. The van der Waals surface area contributed by atoms with Crippen LogP contribution in [0.3, 0.4) is 0 Å². The van der Waals surface area contributed by atoms with Gasteiger partial charge in [-0.3, -0.25) is 0 Å². The Hall–Kier alpha value is -0.160. The second kappa shape index (κ2) is 30.7. The van der Waals surface area contributed by atoms with E-state index in [0.29, 0.717) is 26.4 Å². The smallest absolute Gasteiger partial charge is 0.0701 e. The Kier molecular flexibility index (Phi) is 38.6. The fraction of sp³-hybridized carbons (Fsp3) is 1.00. The maximum absolute atomic E-state index is 5.34. The summed E-state index contributed by atoms with van der Waals surface area (Å²) in [4.78, 5) is 0. The third-order valence-corrected chi connectivity index (χ3v) is 1.77. The average molecular weight is 279 g/mol. The number of likely N-dealkylation sites (N-methyl/N-ethyl adjacent to an activating group) is 1. The molecule has 0 spiro atoms. The number of hydrogen-bond acceptors (Lipinski definition) is 4. The zero-order valence-corrected chi connectivity index (χ0v) is 14.1. The van der Waals surface area contributed by atoms with Crippen molar-refractivity contribution in [2.45, 2.75) is 48.0 Å². The van der Waals surface area contributed by atoms with Crippen LogP contribution in [0.2, 0.25) is 0 Å². The van der Waals surface area contributed by atoms with Gasteiger partial charge in [0.15, 0.2) is 0 Å². The van der Waals surface area contributed by atoms with Crippen molar-refractivity contribution >= 4 is 0 Å². The quantitative estimate of drug-likeness (QED) is 0.557. The zero-order valence-electron chi connectivity index (χ0n) is 14.1. The Morgan fingerprint density at radius 3 is 1.47 bits per heavy atom. The second-order valence-corrected chi connectivity index (χ2v) is 3.19. The monoisotopic (exact) mass is 279 g/mol. The summed E-state index contributed by atoms with van der Waals surface area (Å²) in [5, 5.41) is 3.19. The molecular weight excluding hydrogens is 242 g/mol. The second-order valence-electron chi connectivity index (χ2n) is 3.19. The lowest BCUT2D eigenvalue weighted by molar-refractivity contribution is 0.0153. The molecule has 0 saturated heterocycles. The van der Waals surface area contributed by atoms with Crippen molar-refractivity contribution in [2.24, 2.45) is 0 Å². The topological polar surface area (TPSA) is 39.7 Å². The van der Waals surface area contributed by atoms with Crippen molar-refractivity contribution < 1.29 is 14.2 Å². The largest absolute Gasteiger partial charge is 0.379 e. The van der Waals surface area contributed by atoms with E-state index in [1.807, 2.05) is 27.7 Å². The van der Waals surface area contributed by atoms with E-state index in [4.69, 9.17) is 14.2 Å². The summed E-state index contributed by atoms with van der Waals surface area (Å²) in [6, 6.07) is 0. The van der Waals surface area contributed by atoms with Gasteiger partial charge < -0.3 is 19.5 Å². The van der Waals surface area contributed by atoms with Crippen LogP contribution >= 0.6 is 0 Å². The third-order valence-electron chi connectivity index (χ3n) is 1.77. The average Bonchev–Trinajstić information content (AvgIpc) is 2.49. The first-order chi connectivity index (χ1) is 9.41. The Bertz CT molecular complexity index is 102. The highest BCUT2D eigenvalue weighted by atomic mass is 16.5. The first-order valence-corrected chi connectivity index (χ1v) is 7.85. The molecule has 4 heteroatoms. The molecule has 0 aromatic heterocycles. The summed E-state index contributed by atoms with van der Waals surface area (Å²) in [6.07, 6.45) is 1.06. The molecule has 0 unspecified atom stereocenters. The van der Waals surface area contributed by atoms with E-state index in [1.54, 1.807) is 0 Å². The van der Waals surface area contributed by atoms with Gasteiger partial charge in [0.2, 0.25) is 0 Å². The molecule has 19 heavy (non-hydrogen) atoms. The van der Waals surface area contributed by atoms with Crippen LogP contribution in [0.15, 0.2) is 0 Å². The maximum atomic E-state index is 5.34. The van der Waals surface area contributed by atoms with Crippen molar-refractivity contribution in [3.05, 3.63) is 0 Å². The number of ether oxygens (including phenoxy) is 3. The highest BCUT2D eigenvalue weighted by Crippen LogP contribution is 1.82. The zero-order chi connectivity index (χ0) is 15.2. The predicted octanol–water partition coefficient (Wildman–Crippen LogP) is 3.11. The number of hydrogen-bond donors (Lipinski definition) is 1. The summed E-state index contributed by atoms with van der Waals surface area (Å²) >= 11 is 0. The van der Waals surface area contributed by atoms with Crippen LogP contribution in [0.25, 0.3) is 0 Å². The van der Waals surface area contributed by atoms with Gasteiger partial charge in [-0.05, 0) is 13.0 Å². The molecule has 4 nitrogen and oxygen atoms in total. The molecule has 0 heterocycles. The van der Waals surface area contributed by atoms with E-state index in [1.165, 1.54) is 0 Å². The number of nitrogens with one attached hydrogen (secondary N) is 1. The summed E-state index contributed by atoms with van der Waals surface area (Å²) in [6.45, 7) is 18.3. The fourth-order valence-corrected chi connectivity index (χ4v) is 1.01. The van der Waals surface area contributed by atoms with E-state index in [9.17, 15) is 0 Å². The molecule has 0 aliphatic carbocycles. The van der Waals surface area contributed by atoms with Gasteiger partial charge in [-0.1, -0.05) is 41.5 Å². The van der Waals surface area contributed by atoms with Crippen molar-refractivity contribution in [1.82, 2.24) is 5.32 Å². The van der Waals surface area contributed by atoms with Crippen molar-refractivity contribution in [1.29, 1.82) is 0 Å². The van der Waals surface area contributed by atoms with Gasteiger partial charge in [0.05, 0.1) is 33.0 Å². The Morgan fingerprint density at radius 1 is 0.632 bits per heavy atom.